The zero-order valence-corrected chi connectivity index (χ0v) is 17.8. The van der Waals surface area contributed by atoms with E-state index < -0.39 is 28.6 Å². The molecule has 2 fully saturated rings. The Morgan fingerprint density at radius 3 is 2.55 bits per heavy atom. The standard InChI is InChI=1S/C21H26F4N4O2/c1-19(30)5-4-6-29(10-19)17-14-7-13(22)8-15(23)16(14)26-18(27-17)31-12-20(11-28(2)3)9-21(20,24)25/h7-8,30H,4-6,9-12H2,1-3H3/t19-,20-/m1/s1. The van der Waals surface area contributed by atoms with Crippen LogP contribution >= 0.6 is 0 Å². The number of anilines is 1. The average molecular weight is 442 g/mol. The number of piperidine rings is 1. The van der Waals surface area contributed by atoms with Crippen molar-refractivity contribution >= 4 is 16.7 Å². The maximum atomic E-state index is 14.5. The van der Waals surface area contributed by atoms with Crippen molar-refractivity contribution in [3.8, 4) is 6.01 Å². The molecule has 1 aliphatic carbocycles. The second-order valence-corrected chi connectivity index (χ2v) is 9.32. The van der Waals surface area contributed by atoms with Gasteiger partial charge in [-0.25, -0.2) is 17.6 Å². The Morgan fingerprint density at radius 1 is 1.23 bits per heavy atom. The Labute approximate surface area is 177 Å². The predicted molar refractivity (Wildman–Crippen MR) is 108 cm³/mol. The van der Waals surface area contributed by atoms with E-state index >= 15 is 0 Å². The van der Waals surface area contributed by atoms with Crippen LogP contribution in [0.1, 0.15) is 26.2 Å². The molecule has 170 valence electrons. The first-order chi connectivity index (χ1) is 14.4. The number of β-amino-alcohol motifs (C(OH)–C–C–N with tert-alkyl or cyclic N) is 1. The number of fused-ring (bicyclic) bond motifs is 1. The molecule has 6 nitrogen and oxygen atoms in total. The van der Waals surface area contributed by atoms with Gasteiger partial charge < -0.3 is 19.6 Å². The summed E-state index contributed by atoms with van der Waals surface area (Å²) >= 11 is 0. The van der Waals surface area contributed by atoms with Gasteiger partial charge in [0.2, 0.25) is 0 Å². The third-order valence-corrected chi connectivity index (χ3v) is 5.96. The summed E-state index contributed by atoms with van der Waals surface area (Å²) in [6, 6.07) is 1.58. The summed E-state index contributed by atoms with van der Waals surface area (Å²) in [5.41, 5.74) is -2.50. The smallest absolute Gasteiger partial charge is 0.319 e. The number of ether oxygens (including phenoxy) is 1. The van der Waals surface area contributed by atoms with Gasteiger partial charge in [-0.2, -0.15) is 9.97 Å². The van der Waals surface area contributed by atoms with E-state index in [2.05, 4.69) is 9.97 Å². The van der Waals surface area contributed by atoms with Crippen LogP contribution in [0.3, 0.4) is 0 Å². The van der Waals surface area contributed by atoms with E-state index in [1.165, 1.54) is 0 Å². The SMILES string of the molecule is CN(C)C[C@@]1(COc2nc(N3CCC[C@@](C)(O)C3)c3cc(F)cc(F)c3n2)CC1(F)F. The maximum absolute atomic E-state index is 14.5. The van der Waals surface area contributed by atoms with E-state index in [9.17, 15) is 22.7 Å². The maximum Gasteiger partial charge on any atom is 0.319 e. The Balaban J connectivity index is 1.70. The Morgan fingerprint density at radius 2 is 1.94 bits per heavy atom. The quantitative estimate of drug-likeness (QED) is 0.694. The van der Waals surface area contributed by atoms with E-state index in [0.717, 1.165) is 6.07 Å². The molecule has 0 spiro atoms. The number of rotatable bonds is 6. The van der Waals surface area contributed by atoms with Gasteiger partial charge in [-0.15, -0.1) is 0 Å². The van der Waals surface area contributed by atoms with Crippen molar-refractivity contribution in [3.05, 3.63) is 23.8 Å². The van der Waals surface area contributed by atoms with Gasteiger partial charge in [-0.1, -0.05) is 0 Å². The fourth-order valence-corrected chi connectivity index (χ4v) is 4.39. The first kappa shape index (κ1) is 22.0. The van der Waals surface area contributed by atoms with E-state index in [1.807, 2.05) is 0 Å². The molecule has 2 aromatic rings. The number of aromatic nitrogens is 2. The number of halogens is 4. The zero-order chi connectivity index (χ0) is 22.6. The van der Waals surface area contributed by atoms with Crippen molar-refractivity contribution in [2.45, 2.75) is 37.7 Å². The topological polar surface area (TPSA) is 61.7 Å². The lowest BCUT2D eigenvalue weighted by Crippen LogP contribution is -2.46. The van der Waals surface area contributed by atoms with Crippen LogP contribution in [0.15, 0.2) is 12.1 Å². The number of hydrogen-bond donors (Lipinski definition) is 1. The summed E-state index contributed by atoms with van der Waals surface area (Å²) in [5, 5.41) is 10.6. The minimum absolute atomic E-state index is 0.120. The number of aliphatic hydroxyl groups is 1. The van der Waals surface area contributed by atoms with Crippen molar-refractivity contribution in [1.82, 2.24) is 14.9 Å². The Hall–Kier alpha value is -2.20. The fraction of sp³-hybridized carbons (Fsp3) is 0.619. The monoisotopic (exact) mass is 442 g/mol. The van der Waals surface area contributed by atoms with Crippen LogP contribution in [0.2, 0.25) is 0 Å². The number of nitrogens with zero attached hydrogens (tertiary/aromatic N) is 4. The molecule has 0 amide bonds. The van der Waals surface area contributed by atoms with Crippen LogP contribution in [0.25, 0.3) is 10.9 Å². The summed E-state index contributed by atoms with van der Waals surface area (Å²) in [5.74, 6) is -4.33. The molecule has 0 unspecified atom stereocenters. The van der Waals surface area contributed by atoms with Crippen LogP contribution in [0.4, 0.5) is 23.4 Å². The highest BCUT2D eigenvalue weighted by Crippen LogP contribution is 2.60. The largest absolute Gasteiger partial charge is 0.463 e. The first-order valence-corrected chi connectivity index (χ1v) is 10.2. The molecule has 0 bridgehead atoms. The van der Waals surface area contributed by atoms with Crippen molar-refractivity contribution in [2.75, 3.05) is 45.2 Å². The molecule has 2 aliphatic rings. The van der Waals surface area contributed by atoms with Crippen molar-refractivity contribution < 1.29 is 27.4 Å². The van der Waals surface area contributed by atoms with E-state index in [-0.39, 0.29) is 48.8 Å². The normalized spacial score (nSPS) is 27.7. The van der Waals surface area contributed by atoms with Gasteiger partial charge >= 0.3 is 6.01 Å². The molecule has 1 aromatic heterocycles. The molecular weight excluding hydrogens is 416 g/mol. The van der Waals surface area contributed by atoms with Gasteiger partial charge in [-0.3, -0.25) is 0 Å². The van der Waals surface area contributed by atoms with Gasteiger partial charge in [0.05, 0.1) is 11.0 Å². The van der Waals surface area contributed by atoms with Gasteiger partial charge in [0.15, 0.2) is 5.82 Å². The van der Waals surface area contributed by atoms with E-state index in [1.54, 1.807) is 30.8 Å². The highest BCUT2D eigenvalue weighted by molar-refractivity contribution is 5.90. The summed E-state index contributed by atoms with van der Waals surface area (Å²) < 4.78 is 62.1. The average Bonchev–Trinajstić information content (AvgIpc) is 3.18. The van der Waals surface area contributed by atoms with Crippen LogP contribution < -0.4 is 9.64 Å². The van der Waals surface area contributed by atoms with Crippen LogP contribution in [0.5, 0.6) is 6.01 Å². The van der Waals surface area contributed by atoms with Gasteiger partial charge in [0, 0.05) is 37.5 Å². The van der Waals surface area contributed by atoms with Gasteiger partial charge in [0.1, 0.15) is 23.8 Å². The molecule has 1 saturated carbocycles. The minimum atomic E-state index is -2.86. The van der Waals surface area contributed by atoms with Crippen molar-refractivity contribution in [3.63, 3.8) is 0 Å². The predicted octanol–water partition coefficient (Wildman–Crippen LogP) is 3.23. The molecule has 1 N–H and O–H groups in total. The van der Waals surface area contributed by atoms with Gasteiger partial charge in [-0.05, 0) is 39.9 Å². The lowest BCUT2D eigenvalue weighted by atomic mass is 9.95. The molecule has 1 saturated heterocycles. The molecule has 2 atom stereocenters. The molecule has 0 radical (unpaired) electrons. The molecule has 4 rings (SSSR count). The highest BCUT2D eigenvalue weighted by atomic mass is 19.3. The Bertz CT molecular complexity index is 1000. The Kier molecular flexibility index (Phi) is 5.28. The van der Waals surface area contributed by atoms with Crippen LogP contribution in [-0.2, 0) is 0 Å². The second kappa shape index (κ2) is 7.44. The third kappa shape index (κ3) is 4.27. The van der Waals surface area contributed by atoms with Crippen molar-refractivity contribution in [2.24, 2.45) is 5.41 Å². The molecule has 31 heavy (non-hydrogen) atoms. The van der Waals surface area contributed by atoms with Crippen molar-refractivity contribution in [1.29, 1.82) is 0 Å². The molecular formula is C21H26F4N4O2. The number of alkyl halides is 2. The highest BCUT2D eigenvalue weighted by Gasteiger charge is 2.71. The number of benzene rings is 1. The van der Waals surface area contributed by atoms with E-state index in [0.29, 0.717) is 25.5 Å². The summed E-state index contributed by atoms with van der Waals surface area (Å²) in [6.07, 6.45) is 0.929. The third-order valence-electron chi connectivity index (χ3n) is 5.96. The number of hydrogen-bond acceptors (Lipinski definition) is 6. The minimum Gasteiger partial charge on any atom is -0.463 e. The molecule has 1 aromatic carbocycles. The summed E-state index contributed by atoms with van der Waals surface area (Å²) in [4.78, 5) is 11.7. The lowest BCUT2D eigenvalue weighted by molar-refractivity contribution is 0.0287. The summed E-state index contributed by atoms with van der Waals surface area (Å²) in [7, 11) is 3.40. The zero-order valence-electron chi connectivity index (χ0n) is 17.8. The van der Waals surface area contributed by atoms with E-state index in [4.69, 9.17) is 4.74 Å². The van der Waals surface area contributed by atoms with Crippen LogP contribution in [-0.4, -0.2) is 71.8 Å². The lowest BCUT2D eigenvalue weighted by Gasteiger charge is -2.38. The second-order valence-electron chi connectivity index (χ2n) is 9.32. The fourth-order valence-electron chi connectivity index (χ4n) is 4.39. The van der Waals surface area contributed by atoms with Crippen LogP contribution in [0, 0.1) is 17.0 Å². The molecule has 2 heterocycles. The summed E-state index contributed by atoms with van der Waals surface area (Å²) in [6.45, 7) is 2.20. The molecule has 1 aliphatic heterocycles. The first-order valence-electron chi connectivity index (χ1n) is 10.2. The van der Waals surface area contributed by atoms with Gasteiger partial charge in [0.25, 0.3) is 5.92 Å². The molecule has 10 heteroatoms.